The molecule has 1 aliphatic heterocycles. The van der Waals surface area contributed by atoms with Gasteiger partial charge in [0.15, 0.2) is 6.61 Å². The first-order valence-electron chi connectivity index (χ1n) is 8.69. The molecule has 0 atom stereocenters. The molecule has 1 fully saturated rings. The summed E-state index contributed by atoms with van der Waals surface area (Å²) in [6.45, 7) is 0.575. The van der Waals surface area contributed by atoms with Gasteiger partial charge in [-0.25, -0.2) is 13.2 Å². The Kier molecular flexibility index (Phi) is 6.48. The highest BCUT2D eigenvalue weighted by molar-refractivity contribution is 9.10. The number of benzene rings is 2. The van der Waals surface area contributed by atoms with Crippen molar-refractivity contribution in [2.75, 3.05) is 25.0 Å². The molecule has 3 rings (SSSR count). The van der Waals surface area contributed by atoms with Crippen LogP contribution in [0.2, 0.25) is 0 Å². The highest BCUT2D eigenvalue weighted by atomic mass is 79.9. The Bertz CT molecular complexity index is 970. The molecular formula is C19H19BrN2O5S. The standard InChI is InChI=1S/C19H19BrN2O5S/c20-16-5-1-2-6-17(16)21-18(23)13-27-19(24)14-7-9-15(10-8-14)28(25,26)22-11-3-4-12-22/h1-2,5-10H,3-4,11-13H2,(H,21,23). The largest absolute Gasteiger partial charge is 0.452 e. The molecule has 0 aliphatic carbocycles. The number of ether oxygens (including phenoxy) is 1. The first-order chi connectivity index (χ1) is 13.4. The summed E-state index contributed by atoms with van der Waals surface area (Å²) in [4.78, 5) is 24.2. The van der Waals surface area contributed by atoms with Gasteiger partial charge in [0.1, 0.15) is 0 Å². The maximum Gasteiger partial charge on any atom is 0.338 e. The Hall–Kier alpha value is -2.23. The summed E-state index contributed by atoms with van der Waals surface area (Å²) >= 11 is 3.31. The van der Waals surface area contributed by atoms with E-state index in [9.17, 15) is 18.0 Å². The van der Waals surface area contributed by atoms with Crippen molar-refractivity contribution in [3.63, 3.8) is 0 Å². The van der Waals surface area contributed by atoms with Crippen molar-refractivity contribution in [3.8, 4) is 0 Å². The molecule has 1 heterocycles. The summed E-state index contributed by atoms with van der Waals surface area (Å²) in [7, 11) is -3.53. The Balaban J connectivity index is 1.57. The molecular weight excluding hydrogens is 448 g/mol. The van der Waals surface area contributed by atoms with Crippen molar-refractivity contribution >= 4 is 43.5 Å². The van der Waals surface area contributed by atoms with Crippen molar-refractivity contribution < 1.29 is 22.7 Å². The van der Waals surface area contributed by atoms with Crippen LogP contribution in [0.5, 0.6) is 0 Å². The number of halogens is 1. The molecule has 7 nitrogen and oxygen atoms in total. The Morgan fingerprint density at radius 1 is 1.04 bits per heavy atom. The number of hydrogen-bond donors (Lipinski definition) is 1. The fraction of sp³-hybridized carbons (Fsp3) is 0.263. The van der Waals surface area contributed by atoms with Crippen LogP contribution >= 0.6 is 15.9 Å². The van der Waals surface area contributed by atoms with E-state index in [1.165, 1.54) is 28.6 Å². The monoisotopic (exact) mass is 466 g/mol. The lowest BCUT2D eigenvalue weighted by molar-refractivity contribution is -0.119. The van der Waals surface area contributed by atoms with Crippen LogP contribution in [0, 0.1) is 0 Å². The summed E-state index contributed by atoms with van der Waals surface area (Å²) in [5, 5.41) is 2.63. The van der Waals surface area contributed by atoms with E-state index in [1.807, 2.05) is 6.07 Å². The zero-order valence-corrected chi connectivity index (χ0v) is 17.3. The number of nitrogens with zero attached hydrogens (tertiary/aromatic N) is 1. The molecule has 0 saturated carbocycles. The zero-order chi connectivity index (χ0) is 20.1. The summed E-state index contributed by atoms with van der Waals surface area (Å²) in [6.07, 6.45) is 1.70. The van der Waals surface area contributed by atoms with E-state index in [1.54, 1.807) is 18.2 Å². The zero-order valence-electron chi connectivity index (χ0n) is 14.9. The van der Waals surface area contributed by atoms with Gasteiger partial charge in [-0.15, -0.1) is 0 Å². The van der Waals surface area contributed by atoms with Gasteiger partial charge in [-0.1, -0.05) is 12.1 Å². The second-order valence-corrected chi connectivity index (χ2v) is 9.03. The van der Waals surface area contributed by atoms with Gasteiger partial charge in [0.25, 0.3) is 5.91 Å². The quantitative estimate of drug-likeness (QED) is 0.660. The minimum atomic E-state index is -3.53. The number of para-hydroxylation sites is 1. The van der Waals surface area contributed by atoms with Gasteiger partial charge >= 0.3 is 5.97 Å². The molecule has 1 saturated heterocycles. The predicted molar refractivity (Wildman–Crippen MR) is 107 cm³/mol. The highest BCUT2D eigenvalue weighted by Gasteiger charge is 2.27. The number of hydrogen-bond acceptors (Lipinski definition) is 5. The second kappa shape index (κ2) is 8.85. The molecule has 0 aromatic heterocycles. The van der Waals surface area contributed by atoms with Crippen LogP contribution in [0.3, 0.4) is 0 Å². The maximum atomic E-state index is 12.5. The van der Waals surface area contributed by atoms with E-state index >= 15 is 0 Å². The number of anilines is 1. The van der Waals surface area contributed by atoms with Crippen LogP contribution in [-0.2, 0) is 19.6 Å². The van der Waals surface area contributed by atoms with Gasteiger partial charge in [0.2, 0.25) is 10.0 Å². The van der Waals surface area contributed by atoms with Gasteiger partial charge in [0.05, 0.1) is 16.1 Å². The summed E-state index contributed by atoms with van der Waals surface area (Å²) in [5.41, 5.74) is 0.745. The van der Waals surface area contributed by atoms with Crippen LogP contribution in [0.25, 0.3) is 0 Å². The fourth-order valence-electron chi connectivity index (χ4n) is 2.80. The minimum absolute atomic E-state index is 0.137. The number of nitrogens with one attached hydrogen (secondary N) is 1. The summed E-state index contributed by atoms with van der Waals surface area (Å²) < 4.78 is 32.1. The Morgan fingerprint density at radius 2 is 1.68 bits per heavy atom. The normalized spacial score (nSPS) is 14.6. The number of sulfonamides is 1. The third kappa shape index (κ3) is 4.78. The van der Waals surface area contributed by atoms with Crippen molar-refractivity contribution in [1.82, 2.24) is 4.31 Å². The molecule has 2 aromatic carbocycles. The number of carbonyl (C=O) groups excluding carboxylic acids is 2. The third-order valence-corrected chi connectivity index (χ3v) is 6.88. The summed E-state index contributed by atoms with van der Waals surface area (Å²) in [5.74, 6) is -1.18. The average molecular weight is 467 g/mol. The fourth-order valence-corrected chi connectivity index (χ4v) is 4.70. The van der Waals surface area contributed by atoms with E-state index in [0.29, 0.717) is 23.2 Å². The predicted octanol–water partition coefficient (Wildman–Crippen LogP) is 3.03. The molecule has 28 heavy (non-hydrogen) atoms. The molecule has 148 valence electrons. The Labute approximate surface area is 171 Å². The third-order valence-electron chi connectivity index (χ3n) is 4.28. The first kappa shape index (κ1) is 20.5. The smallest absolute Gasteiger partial charge is 0.338 e. The minimum Gasteiger partial charge on any atom is -0.452 e. The van der Waals surface area contributed by atoms with Gasteiger partial charge in [-0.2, -0.15) is 4.31 Å². The first-order valence-corrected chi connectivity index (χ1v) is 10.9. The second-order valence-electron chi connectivity index (χ2n) is 6.24. The van der Waals surface area contributed by atoms with Crippen molar-refractivity contribution in [1.29, 1.82) is 0 Å². The lowest BCUT2D eigenvalue weighted by atomic mass is 10.2. The number of esters is 1. The molecule has 2 aromatic rings. The van der Waals surface area contributed by atoms with Gasteiger partial charge in [0, 0.05) is 17.6 Å². The van der Waals surface area contributed by atoms with Gasteiger partial charge < -0.3 is 10.1 Å². The molecule has 0 unspecified atom stereocenters. The molecule has 1 amide bonds. The molecule has 0 radical (unpaired) electrons. The van der Waals surface area contributed by atoms with E-state index in [4.69, 9.17) is 4.74 Å². The van der Waals surface area contributed by atoms with E-state index in [0.717, 1.165) is 12.8 Å². The molecule has 9 heteroatoms. The number of amides is 1. The SMILES string of the molecule is O=C(COC(=O)c1ccc(S(=O)(=O)N2CCCC2)cc1)Nc1ccccc1Br. The lowest BCUT2D eigenvalue weighted by Crippen LogP contribution is -2.27. The Morgan fingerprint density at radius 3 is 2.32 bits per heavy atom. The molecule has 1 aliphatic rings. The van der Waals surface area contributed by atoms with Crippen LogP contribution < -0.4 is 5.32 Å². The van der Waals surface area contributed by atoms with Crippen LogP contribution in [-0.4, -0.2) is 44.3 Å². The molecule has 0 bridgehead atoms. The van der Waals surface area contributed by atoms with Crippen LogP contribution in [0.1, 0.15) is 23.2 Å². The number of rotatable bonds is 6. The number of carbonyl (C=O) groups is 2. The molecule has 0 spiro atoms. The van der Waals surface area contributed by atoms with Crippen molar-refractivity contribution in [3.05, 3.63) is 58.6 Å². The molecule has 1 N–H and O–H groups in total. The highest BCUT2D eigenvalue weighted by Crippen LogP contribution is 2.22. The lowest BCUT2D eigenvalue weighted by Gasteiger charge is -2.15. The average Bonchev–Trinajstić information content (AvgIpc) is 3.24. The van der Waals surface area contributed by atoms with Crippen molar-refractivity contribution in [2.45, 2.75) is 17.7 Å². The van der Waals surface area contributed by atoms with E-state index in [2.05, 4.69) is 21.2 Å². The van der Waals surface area contributed by atoms with Gasteiger partial charge in [-0.3, -0.25) is 4.79 Å². The van der Waals surface area contributed by atoms with Crippen LogP contribution in [0.4, 0.5) is 5.69 Å². The van der Waals surface area contributed by atoms with Gasteiger partial charge in [-0.05, 0) is 65.2 Å². The van der Waals surface area contributed by atoms with Crippen LogP contribution in [0.15, 0.2) is 57.9 Å². The van der Waals surface area contributed by atoms with E-state index in [-0.39, 0.29) is 10.5 Å². The van der Waals surface area contributed by atoms with E-state index < -0.39 is 28.5 Å². The maximum absolute atomic E-state index is 12.5. The van der Waals surface area contributed by atoms with Crippen molar-refractivity contribution in [2.24, 2.45) is 0 Å². The summed E-state index contributed by atoms with van der Waals surface area (Å²) in [6, 6.07) is 12.6. The topological polar surface area (TPSA) is 92.8 Å².